The number of carbonyl (C=O) groups is 1. The quantitative estimate of drug-likeness (QED) is 0.420. The van der Waals surface area contributed by atoms with Gasteiger partial charge < -0.3 is 0 Å². The van der Waals surface area contributed by atoms with Crippen molar-refractivity contribution in [3.8, 4) is 0 Å². The predicted octanol–water partition coefficient (Wildman–Crippen LogP) is 3.49. The van der Waals surface area contributed by atoms with Crippen molar-refractivity contribution in [3.63, 3.8) is 0 Å². The molecule has 0 bridgehead atoms. The molecule has 0 spiro atoms. The van der Waals surface area contributed by atoms with Gasteiger partial charge in [0.05, 0.1) is 0 Å². The van der Waals surface area contributed by atoms with E-state index in [-0.39, 0.29) is 5.78 Å². The third-order valence-electron chi connectivity index (χ3n) is 1.88. The average Bonchev–Trinajstić information content (AvgIpc) is 1.97. The van der Waals surface area contributed by atoms with Gasteiger partial charge in [-0.25, -0.2) is 0 Å². The summed E-state index contributed by atoms with van der Waals surface area (Å²) in [6.07, 6.45) is 6.63. The highest BCUT2D eigenvalue weighted by molar-refractivity contribution is 5.77. The Bertz CT molecular complexity index is 147. The second-order valence-corrected chi connectivity index (χ2v) is 3.44. The predicted molar refractivity (Wildman–Crippen MR) is 53.2 cm³/mol. The molecule has 0 aromatic rings. The van der Waals surface area contributed by atoms with E-state index in [1.54, 1.807) is 6.92 Å². The van der Waals surface area contributed by atoms with Crippen LogP contribution in [-0.4, -0.2) is 5.78 Å². The van der Waals surface area contributed by atoms with Gasteiger partial charge >= 0.3 is 0 Å². The van der Waals surface area contributed by atoms with E-state index < -0.39 is 0 Å². The van der Waals surface area contributed by atoms with E-state index in [9.17, 15) is 4.79 Å². The van der Waals surface area contributed by atoms with Gasteiger partial charge in [0.2, 0.25) is 0 Å². The molecule has 12 heavy (non-hydrogen) atoms. The zero-order valence-electron chi connectivity index (χ0n) is 8.36. The maximum atomic E-state index is 10.7. The van der Waals surface area contributed by atoms with Crippen molar-refractivity contribution in [3.05, 3.63) is 12.2 Å². The number of carbonyl (C=O) groups excluding carboxylic acids is 1. The molecule has 0 fully saturated rings. The second-order valence-electron chi connectivity index (χ2n) is 3.44. The van der Waals surface area contributed by atoms with Crippen LogP contribution in [0.2, 0.25) is 0 Å². The zero-order valence-corrected chi connectivity index (χ0v) is 8.36. The minimum Gasteiger partial charge on any atom is -0.300 e. The first-order valence-electron chi connectivity index (χ1n) is 4.83. The number of allylic oxidation sites excluding steroid dienone is 1. The normalized spacial score (nSPS) is 9.83. The monoisotopic (exact) mass is 168 g/mol. The van der Waals surface area contributed by atoms with Crippen LogP contribution in [0.5, 0.6) is 0 Å². The number of ketones is 1. The lowest BCUT2D eigenvalue weighted by molar-refractivity contribution is -0.116. The Kier molecular flexibility index (Phi) is 6.73. The first-order valence-corrected chi connectivity index (χ1v) is 4.83. The summed E-state index contributed by atoms with van der Waals surface area (Å²) in [5.41, 5.74) is 1.10. The molecule has 0 saturated heterocycles. The molecule has 0 amide bonds. The van der Waals surface area contributed by atoms with Crippen LogP contribution in [0.1, 0.15) is 52.4 Å². The Hall–Kier alpha value is -0.590. The van der Waals surface area contributed by atoms with E-state index in [2.05, 4.69) is 13.5 Å². The number of hydrogen-bond acceptors (Lipinski definition) is 1. The molecule has 0 radical (unpaired) electrons. The van der Waals surface area contributed by atoms with Gasteiger partial charge in [-0.2, -0.15) is 0 Å². The van der Waals surface area contributed by atoms with Crippen LogP contribution >= 0.6 is 0 Å². The lowest BCUT2D eigenvalue weighted by atomic mass is 10.0. The number of hydrogen-bond donors (Lipinski definition) is 0. The van der Waals surface area contributed by atoms with E-state index in [0.717, 1.165) is 12.0 Å². The fraction of sp³-hybridized carbons (Fsp3) is 0.727. The van der Waals surface area contributed by atoms with Crippen molar-refractivity contribution < 1.29 is 4.79 Å². The fourth-order valence-electron chi connectivity index (χ4n) is 1.24. The van der Waals surface area contributed by atoms with Crippen molar-refractivity contribution >= 4 is 5.78 Å². The molecule has 70 valence electrons. The summed E-state index contributed by atoms with van der Waals surface area (Å²) in [7, 11) is 0. The molecule has 0 N–H and O–H groups in total. The summed E-state index contributed by atoms with van der Waals surface area (Å²) >= 11 is 0. The molecule has 1 heteroatoms. The molecule has 1 nitrogen and oxygen atoms in total. The van der Waals surface area contributed by atoms with Crippen LogP contribution in [0.3, 0.4) is 0 Å². The highest BCUT2D eigenvalue weighted by Gasteiger charge is 1.98. The van der Waals surface area contributed by atoms with Gasteiger partial charge in [0.15, 0.2) is 0 Å². The fourth-order valence-corrected chi connectivity index (χ4v) is 1.24. The van der Waals surface area contributed by atoms with Crippen molar-refractivity contribution in [1.82, 2.24) is 0 Å². The maximum Gasteiger partial charge on any atom is 0.133 e. The van der Waals surface area contributed by atoms with Gasteiger partial charge in [-0.1, -0.05) is 38.3 Å². The smallest absolute Gasteiger partial charge is 0.133 e. The third kappa shape index (κ3) is 7.52. The van der Waals surface area contributed by atoms with Gasteiger partial charge in [-0.15, -0.1) is 0 Å². The van der Waals surface area contributed by atoms with Crippen molar-refractivity contribution in [2.45, 2.75) is 52.4 Å². The minimum absolute atomic E-state index is 0.232. The van der Waals surface area contributed by atoms with Gasteiger partial charge in [0.1, 0.15) is 5.78 Å². The lowest BCUT2D eigenvalue weighted by Crippen LogP contribution is -1.92. The average molecular weight is 168 g/mol. The van der Waals surface area contributed by atoms with E-state index in [1.807, 2.05) is 0 Å². The summed E-state index contributed by atoms with van der Waals surface area (Å²) in [5.74, 6) is 0.232. The number of Topliss-reactive ketones (excluding diaryl/α,β-unsaturated/α-hetero) is 1. The molecule has 0 heterocycles. The lowest BCUT2D eigenvalue weighted by Gasteiger charge is -2.01. The van der Waals surface area contributed by atoms with Crippen LogP contribution in [0.15, 0.2) is 12.2 Å². The summed E-state index contributed by atoms with van der Waals surface area (Å²) in [5, 5.41) is 0. The van der Waals surface area contributed by atoms with Crippen molar-refractivity contribution in [2.24, 2.45) is 0 Å². The van der Waals surface area contributed by atoms with Crippen molar-refractivity contribution in [1.29, 1.82) is 0 Å². The Balaban J connectivity index is 3.26. The third-order valence-corrected chi connectivity index (χ3v) is 1.88. The zero-order chi connectivity index (χ0) is 9.40. The van der Waals surface area contributed by atoms with E-state index in [1.165, 1.54) is 25.7 Å². The minimum atomic E-state index is 0.232. The first kappa shape index (κ1) is 11.4. The molecular formula is C11H20O. The second kappa shape index (κ2) is 7.08. The Morgan fingerprint density at radius 3 is 2.42 bits per heavy atom. The van der Waals surface area contributed by atoms with E-state index >= 15 is 0 Å². The Labute approximate surface area is 75.9 Å². The van der Waals surface area contributed by atoms with Gasteiger partial charge in [-0.3, -0.25) is 4.79 Å². The largest absolute Gasteiger partial charge is 0.300 e. The van der Waals surface area contributed by atoms with Crippen LogP contribution in [-0.2, 0) is 4.79 Å². The molecule has 0 saturated carbocycles. The number of unbranched alkanes of at least 4 members (excludes halogenated alkanes) is 3. The highest BCUT2D eigenvalue weighted by Crippen LogP contribution is 2.11. The highest BCUT2D eigenvalue weighted by atomic mass is 16.1. The van der Waals surface area contributed by atoms with Crippen LogP contribution in [0.25, 0.3) is 0 Å². The Morgan fingerprint density at radius 2 is 1.92 bits per heavy atom. The standard InChI is InChI=1S/C11H20O/c1-4-5-6-7-8-10(2)9-11(3)12/h2,4-9H2,1,3H3. The van der Waals surface area contributed by atoms with Crippen LogP contribution < -0.4 is 0 Å². The van der Waals surface area contributed by atoms with Gasteiger partial charge in [-0.05, 0) is 19.8 Å². The maximum absolute atomic E-state index is 10.7. The van der Waals surface area contributed by atoms with Gasteiger partial charge in [0, 0.05) is 6.42 Å². The molecule has 0 aromatic heterocycles. The number of rotatable bonds is 7. The summed E-state index contributed by atoms with van der Waals surface area (Å²) in [4.78, 5) is 10.7. The summed E-state index contributed by atoms with van der Waals surface area (Å²) in [6.45, 7) is 7.69. The van der Waals surface area contributed by atoms with Gasteiger partial charge in [0.25, 0.3) is 0 Å². The topological polar surface area (TPSA) is 17.1 Å². The van der Waals surface area contributed by atoms with Crippen LogP contribution in [0, 0.1) is 0 Å². The molecule has 0 aliphatic heterocycles. The summed E-state index contributed by atoms with van der Waals surface area (Å²) < 4.78 is 0. The molecule has 0 aliphatic carbocycles. The van der Waals surface area contributed by atoms with E-state index in [4.69, 9.17) is 0 Å². The molecule has 0 atom stereocenters. The molecular weight excluding hydrogens is 148 g/mol. The molecule has 0 rings (SSSR count). The van der Waals surface area contributed by atoms with E-state index in [0.29, 0.717) is 6.42 Å². The first-order chi connectivity index (χ1) is 5.66. The summed E-state index contributed by atoms with van der Waals surface area (Å²) in [6, 6.07) is 0. The molecule has 0 aromatic carbocycles. The molecule has 0 aliphatic rings. The van der Waals surface area contributed by atoms with Crippen molar-refractivity contribution in [2.75, 3.05) is 0 Å². The SMILES string of the molecule is C=C(CCCCCC)CC(C)=O. The molecule has 0 unspecified atom stereocenters. The Morgan fingerprint density at radius 1 is 1.25 bits per heavy atom. The van der Waals surface area contributed by atoms with Crippen LogP contribution in [0.4, 0.5) is 0 Å².